The number of nitrogens with one attached hydrogen (secondary N) is 3. The van der Waals surface area contributed by atoms with E-state index in [4.69, 9.17) is 9.47 Å². The fraction of sp³-hybridized carbons (Fsp3) is 0.281. The third-order valence-electron chi connectivity index (χ3n) is 6.50. The lowest BCUT2D eigenvalue weighted by Crippen LogP contribution is -2.49. The average Bonchev–Trinajstić information content (AvgIpc) is 3.36. The van der Waals surface area contributed by atoms with Gasteiger partial charge >= 0.3 is 18.4 Å². The number of nitriles is 1. The number of aromatic nitrogens is 1. The number of benzene rings is 3. The number of para-hydroxylation sites is 1. The molecule has 1 unspecified atom stereocenters. The fourth-order valence-corrected chi connectivity index (χ4v) is 4.64. The Hall–Kier alpha value is -5.18. The molecule has 9 nitrogen and oxygen atoms in total. The number of aromatic amines is 1. The van der Waals surface area contributed by atoms with E-state index in [1.165, 1.54) is 31.4 Å². The summed E-state index contributed by atoms with van der Waals surface area (Å²) in [6, 6.07) is 17.7. The Morgan fingerprint density at radius 1 is 1.00 bits per heavy atom. The van der Waals surface area contributed by atoms with Gasteiger partial charge in [0.15, 0.2) is 0 Å². The van der Waals surface area contributed by atoms with Gasteiger partial charge in [0.1, 0.15) is 17.4 Å². The van der Waals surface area contributed by atoms with E-state index in [9.17, 15) is 28.0 Å². The number of methoxy groups -OCH3 is 1. The van der Waals surface area contributed by atoms with E-state index in [2.05, 4.69) is 26.4 Å². The lowest BCUT2D eigenvalue weighted by molar-refractivity contribution is -0.274. The second-order valence-electron chi connectivity index (χ2n) is 10.9. The number of carbonyl (C=O) groups excluding carboxylic acids is 2. The highest BCUT2D eigenvalue weighted by Crippen LogP contribution is 2.31. The van der Waals surface area contributed by atoms with E-state index >= 15 is 0 Å². The summed E-state index contributed by atoms with van der Waals surface area (Å²) in [5, 5.41) is 17.0. The third kappa shape index (κ3) is 8.22. The number of carbonyl (C=O) groups is 2. The van der Waals surface area contributed by atoms with Crippen LogP contribution in [0.2, 0.25) is 0 Å². The van der Waals surface area contributed by atoms with Crippen LogP contribution in [0.4, 0.5) is 23.7 Å². The third-order valence-corrected chi connectivity index (χ3v) is 6.50. The zero-order valence-electron chi connectivity index (χ0n) is 24.4. The van der Waals surface area contributed by atoms with E-state index in [-0.39, 0.29) is 17.7 Å². The first kappa shape index (κ1) is 31.7. The molecule has 44 heavy (non-hydrogen) atoms. The first-order chi connectivity index (χ1) is 20.8. The van der Waals surface area contributed by atoms with Crippen molar-refractivity contribution in [2.24, 2.45) is 0 Å². The maximum Gasteiger partial charge on any atom is 0.573 e. The summed E-state index contributed by atoms with van der Waals surface area (Å²) >= 11 is 0. The molecule has 3 aromatic carbocycles. The Bertz CT molecular complexity index is 1690. The Morgan fingerprint density at radius 2 is 1.73 bits per heavy atom. The maximum atomic E-state index is 12.8. The number of halogens is 3. The molecule has 0 aliphatic heterocycles. The first-order valence-electron chi connectivity index (χ1n) is 13.6. The summed E-state index contributed by atoms with van der Waals surface area (Å²) in [6.45, 7) is 5.16. The summed E-state index contributed by atoms with van der Waals surface area (Å²) in [5.74, 6) is -1.17. The van der Waals surface area contributed by atoms with Crippen LogP contribution >= 0.6 is 0 Å². The van der Waals surface area contributed by atoms with Gasteiger partial charge in [-0.1, -0.05) is 36.4 Å². The highest BCUT2D eigenvalue weighted by Gasteiger charge is 2.31. The quantitative estimate of drug-likeness (QED) is 0.175. The van der Waals surface area contributed by atoms with Gasteiger partial charge in [-0.15, -0.1) is 13.2 Å². The number of rotatable bonds is 9. The predicted molar refractivity (Wildman–Crippen MR) is 158 cm³/mol. The molecule has 0 bridgehead atoms. The van der Waals surface area contributed by atoms with Gasteiger partial charge in [-0.05, 0) is 74.2 Å². The van der Waals surface area contributed by atoms with Gasteiger partial charge in [-0.2, -0.15) is 5.26 Å². The van der Waals surface area contributed by atoms with E-state index in [1.807, 2.05) is 24.3 Å². The Kier molecular flexibility index (Phi) is 9.37. The van der Waals surface area contributed by atoms with Crippen molar-refractivity contribution in [3.8, 4) is 22.9 Å². The molecule has 0 fully saturated rings. The number of H-pyrrole nitrogens is 1. The van der Waals surface area contributed by atoms with Gasteiger partial charge in [0, 0.05) is 22.8 Å². The molecular weight excluding hydrogens is 577 g/mol. The minimum Gasteiger partial charge on any atom is -0.465 e. The molecule has 1 aromatic heterocycles. The summed E-state index contributed by atoms with van der Waals surface area (Å²) in [4.78, 5) is 28.9. The lowest BCUT2D eigenvalue weighted by Gasteiger charge is -2.27. The minimum absolute atomic E-state index is 0.0236. The number of hydrogen-bond donors (Lipinski definition) is 3. The molecule has 4 rings (SSSR count). The molecule has 0 aliphatic rings. The van der Waals surface area contributed by atoms with Crippen LogP contribution in [0.25, 0.3) is 22.0 Å². The summed E-state index contributed by atoms with van der Waals surface area (Å²) in [6.07, 6.45) is -3.57. The van der Waals surface area contributed by atoms with E-state index in [0.717, 1.165) is 22.5 Å². The van der Waals surface area contributed by atoms with Crippen molar-refractivity contribution < 1.29 is 37.0 Å². The minimum atomic E-state index is -4.87. The van der Waals surface area contributed by atoms with Gasteiger partial charge in [0.05, 0.1) is 24.8 Å². The van der Waals surface area contributed by atoms with Crippen LogP contribution in [-0.2, 0) is 15.9 Å². The molecule has 0 aliphatic carbocycles. The van der Waals surface area contributed by atoms with Crippen LogP contribution in [0.1, 0.15) is 36.7 Å². The number of anilines is 1. The number of ether oxygens (including phenoxy) is 3. The van der Waals surface area contributed by atoms with E-state index < -0.39 is 41.9 Å². The fourth-order valence-electron chi connectivity index (χ4n) is 4.64. The molecule has 4 aromatic rings. The van der Waals surface area contributed by atoms with Crippen molar-refractivity contribution in [2.75, 3.05) is 12.4 Å². The molecule has 12 heteroatoms. The normalized spacial score (nSPS) is 13.0. The number of nitrogens with zero attached hydrogens (tertiary/aromatic N) is 1. The van der Waals surface area contributed by atoms with Gasteiger partial charge < -0.3 is 29.8 Å². The predicted octanol–water partition coefficient (Wildman–Crippen LogP) is 6.96. The number of alkyl carbamates (subject to hydrolysis) is 1. The molecular formula is C32H31F3N4O5. The van der Waals surface area contributed by atoms with Crippen LogP contribution in [0, 0.1) is 11.3 Å². The van der Waals surface area contributed by atoms with Crippen LogP contribution in [-0.4, -0.2) is 48.2 Å². The number of amides is 1. The van der Waals surface area contributed by atoms with Crippen molar-refractivity contribution in [1.29, 1.82) is 5.26 Å². The first-order valence-corrected chi connectivity index (χ1v) is 13.6. The van der Waals surface area contributed by atoms with Crippen molar-refractivity contribution in [1.82, 2.24) is 10.3 Å². The monoisotopic (exact) mass is 608 g/mol. The smallest absolute Gasteiger partial charge is 0.465 e. The van der Waals surface area contributed by atoms with Gasteiger partial charge in [0.25, 0.3) is 0 Å². The van der Waals surface area contributed by atoms with Crippen molar-refractivity contribution in [3.63, 3.8) is 0 Å². The molecule has 0 spiro atoms. The maximum absolute atomic E-state index is 12.8. The Balaban J connectivity index is 1.68. The van der Waals surface area contributed by atoms with E-state index in [1.54, 1.807) is 39.1 Å². The summed E-state index contributed by atoms with van der Waals surface area (Å²) in [5.41, 5.74) is 1.92. The van der Waals surface area contributed by atoms with Crippen LogP contribution in [0.5, 0.6) is 5.75 Å². The second kappa shape index (κ2) is 13.0. The van der Waals surface area contributed by atoms with Gasteiger partial charge in [-0.25, -0.2) is 9.59 Å². The van der Waals surface area contributed by atoms with Crippen molar-refractivity contribution in [2.45, 2.75) is 51.2 Å². The molecule has 2 atom stereocenters. The topological polar surface area (TPSA) is 125 Å². The van der Waals surface area contributed by atoms with Gasteiger partial charge in [-0.3, -0.25) is 0 Å². The highest BCUT2D eigenvalue weighted by atomic mass is 19.4. The molecule has 1 amide bonds. The largest absolute Gasteiger partial charge is 0.573 e. The summed E-state index contributed by atoms with van der Waals surface area (Å²) in [7, 11) is 1.18. The average molecular weight is 609 g/mol. The zero-order valence-corrected chi connectivity index (χ0v) is 24.4. The van der Waals surface area contributed by atoms with E-state index in [0.29, 0.717) is 11.1 Å². The van der Waals surface area contributed by atoms with Crippen LogP contribution in [0.3, 0.4) is 0 Å². The standard InChI is InChI=1S/C32H31F3N4O5/c1-31(2,3)44-30(41)39-27(16-21-18-37-25-11-6-5-10-23(21)25)28(17-36)38-26-13-12-20(15-24(26)29(40)42-4)19-8-7-9-22(14-19)43-32(33,34)35/h5-15,18,27-28,37-38H,16H2,1-4H3,(H,39,41)/t27-,28?/m0/s1. The number of hydrogen-bond acceptors (Lipinski definition) is 7. The molecule has 0 saturated carbocycles. The molecule has 1 heterocycles. The number of esters is 1. The summed E-state index contributed by atoms with van der Waals surface area (Å²) < 4.78 is 52.7. The molecule has 0 saturated heterocycles. The SMILES string of the molecule is COC(=O)c1cc(-c2cccc(OC(F)(F)F)c2)ccc1NC(C#N)[C@H](Cc1c[nH]c2ccccc12)NC(=O)OC(C)(C)C. The Labute approximate surface area is 251 Å². The lowest BCUT2D eigenvalue weighted by atomic mass is 9.97. The van der Waals surface area contributed by atoms with Crippen molar-refractivity contribution >= 4 is 28.7 Å². The Morgan fingerprint density at radius 3 is 2.41 bits per heavy atom. The van der Waals surface area contributed by atoms with Crippen molar-refractivity contribution in [3.05, 3.63) is 84.1 Å². The van der Waals surface area contributed by atoms with Crippen LogP contribution < -0.4 is 15.4 Å². The number of alkyl halides is 3. The molecule has 230 valence electrons. The molecule has 0 radical (unpaired) electrons. The number of fused-ring (bicyclic) bond motifs is 1. The highest BCUT2D eigenvalue weighted by molar-refractivity contribution is 5.97. The van der Waals surface area contributed by atoms with Crippen LogP contribution in [0.15, 0.2) is 72.9 Å². The zero-order chi connectivity index (χ0) is 32.1. The van der Waals surface area contributed by atoms with Gasteiger partial charge in [0.2, 0.25) is 0 Å². The molecule has 3 N–H and O–H groups in total. The second-order valence-corrected chi connectivity index (χ2v) is 10.9.